The summed E-state index contributed by atoms with van der Waals surface area (Å²) < 4.78 is 5.47. The smallest absolute Gasteiger partial charge is 0.191 e. The fraction of sp³-hybridized carbons (Fsp3) is 0.435. The number of guanidine groups is 1. The van der Waals surface area contributed by atoms with E-state index in [2.05, 4.69) is 79.9 Å². The number of benzene rings is 2. The third-order valence-corrected chi connectivity index (χ3v) is 4.38. The van der Waals surface area contributed by atoms with Crippen molar-refractivity contribution in [2.24, 2.45) is 4.99 Å². The molecule has 0 unspecified atom stereocenters. The monoisotopic (exact) mass is 382 g/mol. The van der Waals surface area contributed by atoms with Crippen LogP contribution in [-0.2, 0) is 19.5 Å². The summed E-state index contributed by atoms with van der Waals surface area (Å²) in [5.41, 5.74) is 4.98. The standard InChI is InChI=1S/C23H34N4O/c1-6-24-23(25-13-12-21-14-18(2)10-11-22(21)28-5)26-16-19-8-7-9-20(15-19)17-27(3)4/h7-11,14-15H,6,12-13,16-17H2,1-5H3,(H2,24,25,26). The quantitative estimate of drug-likeness (QED) is 0.516. The van der Waals surface area contributed by atoms with Crippen molar-refractivity contribution in [3.63, 3.8) is 0 Å². The van der Waals surface area contributed by atoms with E-state index < -0.39 is 0 Å². The molecule has 2 aromatic carbocycles. The molecule has 152 valence electrons. The molecule has 0 radical (unpaired) electrons. The van der Waals surface area contributed by atoms with Gasteiger partial charge in [0.2, 0.25) is 0 Å². The van der Waals surface area contributed by atoms with E-state index in [9.17, 15) is 0 Å². The molecule has 0 aliphatic carbocycles. The number of nitrogens with one attached hydrogen (secondary N) is 2. The molecular weight excluding hydrogens is 348 g/mol. The summed E-state index contributed by atoms with van der Waals surface area (Å²) in [6.07, 6.45) is 0.883. The van der Waals surface area contributed by atoms with E-state index in [0.29, 0.717) is 6.54 Å². The lowest BCUT2D eigenvalue weighted by molar-refractivity contribution is 0.402. The van der Waals surface area contributed by atoms with Gasteiger partial charge < -0.3 is 20.3 Å². The molecule has 5 heteroatoms. The second-order valence-corrected chi connectivity index (χ2v) is 7.24. The molecule has 0 aliphatic heterocycles. The summed E-state index contributed by atoms with van der Waals surface area (Å²) in [7, 11) is 5.89. The normalized spacial score (nSPS) is 11.6. The number of ether oxygens (including phenoxy) is 1. The second kappa shape index (κ2) is 11.3. The predicted molar refractivity (Wildman–Crippen MR) is 118 cm³/mol. The topological polar surface area (TPSA) is 48.9 Å². The lowest BCUT2D eigenvalue weighted by atomic mass is 10.1. The summed E-state index contributed by atoms with van der Waals surface area (Å²) in [6.45, 7) is 7.41. The van der Waals surface area contributed by atoms with E-state index in [1.165, 1.54) is 22.3 Å². The van der Waals surface area contributed by atoms with Crippen LogP contribution in [0.1, 0.15) is 29.2 Å². The maximum atomic E-state index is 5.47. The molecule has 0 saturated heterocycles. The molecule has 28 heavy (non-hydrogen) atoms. The number of nitrogens with zero attached hydrogens (tertiary/aromatic N) is 2. The van der Waals surface area contributed by atoms with Crippen molar-refractivity contribution in [2.75, 3.05) is 34.3 Å². The van der Waals surface area contributed by atoms with Crippen LogP contribution in [0.4, 0.5) is 0 Å². The van der Waals surface area contributed by atoms with Gasteiger partial charge in [0.25, 0.3) is 0 Å². The van der Waals surface area contributed by atoms with Crippen molar-refractivity contribution in [1.29, 1.82) is 0 Å². The number of hydrogen-bond acceptors (Lipinski definition) is 3. The van der Waals surface area contributed by atoms with Crippen LogP contribution in [0.25, 0.3) is 0 Å². The summed E-state index contributed by atoms with van der Waals surface area (Å²) >= 11 is 0. The maximum Gasteiger partial charge on any atom is 0.191 e. The lowest BCUT2D eigenvalue weighted by Gasteiger charge is -2.14. The highest BCUT2D eigenvalue weighted by Crippen LogP contribution is 2.19. The highest BCUT2D eigenvalue weighted by molar-refractivity contribution is 5.79. The number of rotatable bonds is 9. The summed E-state index contributed by atoms with van der Waals surface area (Å²) in [5.74, 6) is 1.78. The number of aliphatic imine (C=N–C) groups is 1. The van der Waals surface area contributed by atoms with Gasteiger partial charge in [-0.25, -0.2) is 4.99 Å². The summed E-state index contributed by atoms with van der Waals surface area (Å²) in [6, 6.07) is 14.9. The van der Waals surface area contributed by atoms with Crippen molar-refractivity contribution in [1.82, 2.24) is 15.5 Å². The largest absolute Gasteiger partial charge is 0.496 e. The average Bonchev–Trinajstić information content (AvgIpc) is 2.66. The van der Waals surface area contributed by atoms with Crippen LogP contribution in [0.2, 0.25) is 0 Å². The van der Waals surface area contributed by atoms with Crippen LogP contribution < -0.4 is 15.4 Å². The van der Waals surface area contributed by atoms with E-state index >= 15 is 0 Å². The lowest BCUT2D eigenvalue weighted by Crippen LogP contribution is -2.38. The number of hydrogen-bond donors (Lipinski definition) is 2. The van der Waals surface area contributed by atoms with Crippen LogP contribution in [0.3, 0.4) is 0 Å². The molecule has 0 aromatic heterocycles. The highest BCUT2D eigenvalue weighted by atomic mass is 16.5. The van der Waals surface area contributed by atoms with Gasteiger partial charge in [0, 0.05) is 19.6 Å². The average molecular weight is 383 g/mol. The maximum absolute atomic E-state index is 5.47. The van der Waals surface area contributed by atoms with Gasteiger partial charge in [0.15, 0.2) is 5.96 Å². The van der Waals surface area contributed by atoms with E-state index in [-0.39, 0.29) is 0 Å². The van der Waals surface area contributed by atoms with Crippen molar-refractivity contribution >= 4 is 5.96 Å². The Labute approximate surface area is 169 Å². The zero-order chi connectivity index (χ0) is 20.4. The Morgan fingerprint density at radius 2 is 1.86 bits per heavy atom. The first-order valence-electron chi connectivity index (χ1n) is 9.90. The van der Waals surface area contributed by atoms with Gasteiger partial charge in [-0.2, -0.15) is 0 Å². The minimum atomic E-state index is 0.657. The Morgan fingerprint density at radius 1 is 1.07 bits per heavy atom. The molecule has 0 aliphatic rings. The van der Waals surface area contributed by atoms with Gasteiger partial charge in [-0.3, -0.25) is 0 Å². The molecule has 2 aromatic rings. The van der Waals surface area contributed by atoms with Crippen LogP contribution in [0.15, 0.2) is 47.5 Å². The van der Waals surface area contributed by atoms with Gasteiger partial charge >= 0.3 is 0 Å². The molecule has 0 saturated carbocycles. The summed E-state index contributed by atoms with van der Waals surface area (Å²) in [5, 5.41) is 6.76. The van der Waals surface area contributed by atoms with Gasteiger partial charge in [-0.1, -0.05) is 42.0 Å². The van der Waals surface area contributed by atoms with Crippen molar-refractivity contribution < 1.29 is 4.74 Å². The van der Waals surface area contributed by atoms with Crippen LogP contribution >= 0.6 is 0 Å². The third kappa shape index (κ3) is 7.24. The molecule has 5 nitrogen and oxygen atoms in total. The van der Waals surface area contributed by atoms with Crippen LogP contribution in [0.5, 0.6) is 5.75 Å². The van der Waals surface area contributed by atoms with Gasteiger partial charge in [-0.15, -0.1) is 0 Å². The fourth-order valence-corrected chi connectivity index (χ4v) is 3.12. The molecule has 2 N–H and O–H groups in total. The predicted octanol–water partition coefficient (Wildman–Crippen LogP) is 3.36. The molecular formula is C23H34N4O. The van der Waals surface area contributed by atoms with E-state index in [4.69, 9.17) is 9.73 Å². The first-order chi connectivity index (χ1) is 13.5. The van der Waals surface area contributed by atoms with Gasteiger partial charge in [-0.05, 0) is 57.1 Å². The Bertz CT molecular complexity index is 771. The molecule has 0 bridgehead atoms. The number of methoxy groups -OCH3 is 1. The van der Waals surface area contributed by atoms with Gasteiger partial charge in [0.1, 0.15) is 5.75 Å². The highest BCUT2D eigenvalue weighted by Gasteiger charge is 2.04. The third-order valence-electron chi connectivity index (χ3n) is 4.38. The SMILES string of the molecule is CCNC(=NCc1cccc(CN(C)C)c1)NCCc1cc(C)ccc1OC. The Kier molecular flexibility index (Phi) is 8.82. The first-order valence-corrected chi connectivity index (χ1v) is 9.90. The minimum absolute atomic E-state index is 0.657. The van der Waals surface area contributed by atoms with Gasteiger partial charge in [0.05, 0.1) is 13.7 Å². The van der Waals surface area contributed by atoms with Crippen molar-refractivity contribution in [3.05, 3.63) is 64.7 Å². The molecule has 0 heterocycles. The van der Waals surface area contributed by atoms with E-state index in [0.717, 1.165) is 37.8 Å². The molecule has 0 amide bonds. The van der Waals surface area contributed by atoms with E-state index in [1.54, 1.807) is 7.11 Å². The van der Waals surface area contributed by atoms with Crippen LogP contribution in [0, 0.1) is 6.92 Å². The second-order valence-electron chi connectivity index (χ2n) is 7.24. The Hall–Kier alpha value is -2.53. The molecule has 0 fully saturated rings. The molecule has 0 atom stereocenters. The Balaban J connectivity index is 1.96. The molecule has 0 spiro atoms. The zero-order valence-electron chi connectivity index (χ0n) is 17.9. The minimum Gasteiger partial charge on any atom is -0.496 e. The van der Waals surface area contributed by atoms with Crippen molar-refractivity contribution in [3.8, 4) is 5.75 Å². The van der Waals surface area contributed by atoms with Crippen LogP contribution in [-0.4, -0.2) is 45.2 Å². The fourth-order valence-electron chi connectivity index (χ4n) is 3.12. The zero-order valence-corrected chi connectivity index (χ0v) is 17.9. The van der Waals surface area contributed by atoms with E-state index in [1.807, 2.05) is 6.07 Å². The summed E-state index contributed by atoms with van der Waals surface area (Å²) in [4.78, 5) is 6.92. The molecule has 2 rings (SSSR count). The Morgan fingerprint density at radius 3 is 2.57 bits per heavy atom. The van der Waals surface area contributed by atoms with Crippen molar-refractivity contribution in [2.45, 2.75) is 33.4 Å². The first kappa shape index (κ1) is 21.8. The number of aryl methyl sites for hydroxylation is 1.